The molecule has 0 aliphatic carbocycles. The van der Waals surface area contributed by atoms with Gasteiger partial charge in [0.05, 0.1) is 18.0 Å². The van der Waals surface area contributed by atoms with Gasteiger partial charge in [-0.3, -0.25) is 4.79 Å². The van der Waals surface area contributed by atoms with E-state index >= 15 is 0 Å². The van der Waals surface area contributed by atoms with Crippen molar-refractivity contribution in [2.24, 2.45) is 5.92 Å². The first-order valence-corrected chi connectivity index (χ1v) is 12.4. The fourth-order valence-corrected chi connectivity index (χ4v) is 5.20. The van der Waals surface area contributed by atoms with Gasteiger partial charge in [0, 0.05) is 24.6 Å². The lowest BCUT2D eigenvalue weighted by Crippen LogP contribution is -2.42. The van der Waals surface area contributed by atoms with E-state index in [9.17, 15) is 17.6 Å². The fourth-order valence-electron chi connectivity index (χ4n) is 3.73. The minimum absolute atomic E-state index is 0.0385. The molecule has 0 spiro atoms. The molecule has 34 heavy (non-hydrogen) atoms. The standard InChI is InChI=1S/C23H25FN4O5S/c1-2-32-19-7-3-16(4-8-19)22-26-21(33-27-22)15-25-23(29)17-11-13-28(14-12-17)34(30,31)20-9-5-18(24)6-10-20/h3-10,17H,2,11-15H2,1H3,(H,25,29). The van der Waals surface area contributed by atoms with Crippen molar-refractivity contribution in [1.29, 1.82) is 0 Å². The van der Waals surface area contributed by atoms with Crippen LogP contribution in [0.25, 0.3) is 11.4 Å². The summed E-state index contributed by atoms with van der Waals surface area (Å²) in [5, 5.41) is 6.73. The number of amides is 1. The van der Waals surface area contributed by atoms with Crippen LogP contribution in [0, 0.1) is 11.7 Å². The summed E-state index contributed by atoms with van der Waals surface area (Å²) in [5.74, 6) is 0.411. The number of carbonyl (C=O) groups excluding carboxylic acids is 1. The number of nitrogens with zero attached hydrogens (tertiary/aromatic N) is 3. The van der Waals surface area contributed by atoms with Gasteiger partial charge in [0.15, 0.2) is 0 Å². The highest BCUT2D eigenvalue weighted by Crippen LogP contribution is 2.24. The minimum Gasteiger partial charge on any atom is -0.494 e. The van der Waals surface area contributed by atoms with Gasteiger partial charge in [0.2, 0.25) is 27.6 Å². The highest BCUT2D eigenvalue weighted by Gasteiger charge is 2.32. The zero-order valence-electron chi connectivity index (χ0n) is 18.6. The highest BCUT2D eigenvalue weighted by molar-refractivity contribution is 7.89. The van der Waals surface area contributed by atoms with Gasteiger partial charge in [-0.1, -0.05) is 5.16 Å². The number of rotatable bonds is 8. The normalized spacial score (nSPS) is 15.2. The van der Waals surface area contributed by atoms with Gasteiger partial charge in [-0.15, -0.1) is 0 Å². The fraction of sp³-hybridized carbons (Fsp3) is 0.348. The summed E-state index contributed by atoms with van der Waals surface area (Å²) in [6, 6.07) is 12.0. The van der Waals surface area contributed by atoms with Crippen molar-refractivity contribution < 1.29 is 26.9 Å². The molecule has 1 fully saturated rings. The summed E-state index contributed by atoms with van der Waals surface area (Å²) in [7, 11) is -3.72. The maximum Gasteiger partial charge on any atom is 0.246 e. The summed E-state index contributed by atoms with van der Waals surface area (Å²) >= 11 is 0. The van der Waals surface area contributed by atoms with E-state index in [1.54, 1.807) is 0 Å². The van der Waals surface area contributed by atoms with Crippen molar-refractivity contribution in [3.05, 3.63) is 60.2 Å². The molecule has 4 rings (SSSR count). The van der Waals surface area contributed by atoms with Crippen LogP contribution in [0.15, 0.2) is 57.9 Å². The first kappa shape index (κ1) is 23.8. The van der Waals surface area contributed by atoms with Crippen LogP contribution in [-0.4, -0.2) is 48.5 Å². The highest BCUT2D eigenvalue weighted by atomic mass is 32.2. The molecule has 0 atom stereocenters. The number of piperidine rings is 1. The van der Waals surface area contributed by atoms with Crippen LogP contribution in [0.2, 0.25) is 0 Å². The molecule has 2 heterocycles. The molecule has 180 valence electrons. The van der Waals surface area contributed by atoms with Crippen LogP contribution in [0.1, 0.15) is 25.7 Å². The van der Waals surface area contributed by atoms with E-state index in [2.05, 4.69) is 15.5 Å². The van der Waals surface area contributed by atoms with Gasteiger partial charge in [0.25, 0.3) is 0 Å². The van der Waals surface area contributed by atoms with Crippen LogP contribution in [0.4, 0.5) is 4.39 Å². The first-order valence-electron chi connectivity index (χ1n) is 11.0. The molecule has 3 aromatic rings. The molecular weight excluding hydrogens is 463 g/mol. The van der Waals surface area contributed by atoms with E-state index in [-0.39, 0.29) is 42.2 Å². The second-order valence-electron chi connectivity index (χ2n) is 7.82. The van der Waals surface area contributed by atoms with E-state index in [0.717, 1.165) is 23.4 Å². The summed E-state index contributed by atoms with van der Waals surface area (Å²) < 4.78 is 50.5. The third-order valence-electron chi connectivity index (χ3n) is 5.58. The zero-order valence-corrected chi connectivity index (χ0v) is 19.4. The lowest BCUT2D eigenvalue weighted by molar-refractivity contribution is -0.126. The van der Waals surface area contributed by atoms with Crippen molar-refractivity contribution in [3.8, 4) is 17.1 Å². The number of hydrogen-bond acceptors (Lipinski definition) is 7. The average Bonchev–Trinajstić information content (AvgIpc) is 3.33. The number of hydrogen-bond donors (Lipinski definition) is 1. The second-order valence-corrected chi connectivity index (χ2v) is 9.76. The molecule has 1 aliphatic heterocycles. The van der Waals surface area contributed by atoms with E-state index < -0.39 is 15.8 Å². The van der Waals surface area contributed by atoms with Crippen LogP contribution >= 0.6 is 0 Å². The van der Waals surface area contributed by atoms with Gasteiger partial charge < -0.3 is 14.6 Å². The summed E-state index contributed by atoms with van der Waals surface area (Å²) in [5.41, 5.74) is 0.763. The van der Waals surface area contributed by atoms with Crippen molar-refractivity contribution in [1.82, 2.24) is 19.8 Å². The second kappa shape index (κ2) is 10.3. The molecule has 0 radical (unpaired) electrons. The Morgan fingerprint density at radius 1 is 1.15 bits per heavy atom. The van der Waals surface area contributed by atoms with Gasteiger partial charge >= 0.3 is 0 Å². The van der Waals surface area contributed by atoms with Gasteiger partial charge in [0.1, 0.15) is 11.6 Å². The molecular formula is C23H25FN4O5S. The Hall–Kier alpha value is -3.31. The monoisotopic (exact) mass is 488 g/mol. The summed E-state index contributed by atoms with van der Waals surface area (Å²) in [6.07, 6.45) is 0.765. The molecule has 1 aliphatic rings. The number of sulfonamides is 1. The predicted octanol–water partition coefficient (Wildman–Crippen LogP) is 2.99. The smallest absolute Gasteiger partial charge is 0.246 e. The van der Waals surface area contributed by atoms with Crippen LogP contribution in [0.5, 0.6) is 5.75 Å². The molecule has 11 heteroatoms. The van der Waals surface area contributed by atoms with Gasteiger partial charge in [-0.05, 0) is 68.3 Å². The molecule has 9 nitrogen and oxygen atoms in total. The van der Waals surface area contributed by atoms with Crippen LogP contribution in [0.3, 0.4) is 0 Å². The van der Waals surface area contributed by atoms with E-state index in [1.807, 2.05) is 31.2 Å². The Balaban J connectivity index is 1.28. The maximum atomic E-state index is 13.1. The Morgan fingerprint density at radius 2 is 1.82 bits per heavy atom. The lowest BCUT2D eigenvalue weighted by Gasteiger charge is -2.30. The molecule has 0 saturated carbocycles. The lowest BCUT2D eigenvalue weighted by atomic mass is 9.97. The van der Waals surface area contributed by atoms with Crippen molar-refractivity contribution in [3.63, 3.8) is 0 Å². The van der Waals surface area contributed by atoms with Crippen molar-refractivity contribution >= 4 is 15.9 Å². The minimum atomic E-state index is -3.72. The Labute approximate surface area is 197 Å². The number of halogens is 1. The first-order chi connectivity index (χ1) is 16.4. The number of benzene rings is 2. The van der Waals surface area contributed by atoms with Crippen molar-refractivity contribution in [2.45, 2.75) is 31.2 Å². The van der Waals surface area contributed by atoms with E-state index in [0.29, 0.717) is 25.3 Å². The van der Waals surface area contributed by atoms with Gasteiger partial charge in [-0.25, -0.2) is 12.8 Å². The number of carbonyl (C=O) groups is 1. The largest absolute Gasteiger partial charge is 0.494 e. The molecule has 2 aromatic carbocycles. The Bertz CT molecular complexity index is 1220. The third-order valence-corrected chi connectivity index (χ3v) is 7.49. The third kappa shape index (κ3) is 5.42. The van der Waals surface area contributed by atoms with Crippen LogP contribution < -0.4 is 10.1 Å². The zero-order chi connectivity index (χ0) is 24.1. The maximum absolute atomic E-state index is 13.1. The molecule has 1 saturated heterocycles. The number of aromatic nitrogens is 2. The average molecular weight is 489 g/mol. The van der Waals surface area contributed by atoms with Crippen molar-refractivity contribution in [2.75, 3.05) is 19.7 Å². The quantitative estimate of drug-likeness (QED) is 0.518. The molecule has 1 N–H and O–H groups in total. The molecule has 0 bridgehead atoms. The topological polar surface area (TPSA) is 115 Å². The number of nitrogens with one attached hydrogen (secondary N) is 1. The number of ether oxygens (including phenoxy) is 1. The Morgan fingerprint density at radius 3 is 2.47 bits per heavy atom. The summed E-state index contributed by atoms with van der Waals surface area (Å²) in [6.45, 7) is 2.98. The molecule has 0 unspecified atom stereocenters. The molecule has 1 amide bonds. The van der Waals surface area contributed by atoms with E-state index in [4.69, 9.17) is 9.26 Å². The SMILES string of the molecule is CCOc1ccc(-c2noc(CNC(=O)C3CCN(S(=O)(=O)c4ccc(F)cc4)CC3)n2)cc1. The predicted molar refractivity (Wildman–Crippen MR) is 121 cm³/mol. The van der Waals surface area contributed by atoms with Crippen LogP contribution in [-0.2, 0) is 21.4 Å². The van der Waals surface area contributed by atoms with E-state index in [1.165, 1.54) is 16.4 Å². The summed E-state index contributed by atoms with van der Waals surface area (Å²) in [4.78, 5) is 16.9. The van der Waals surface area contributed by atoms with Gasteiger partial charge in [-0.2, -0.15) is 9.29 Å². The Kier molecular flexibility index (Phi) is 7.23. The molecule has 1 aromatic heterocycles.